The highest BCUT2D eigenvalue weighted by atomic mass is 15.2. The molecule has 1 fully saturated rings. The van der Waals surface area contributed by atoms with Crippen molar-refractivity contribution in [1.82, 2.24) is 19.9 Å². The lowest BCUT2D eigenvalue weighted by Crippen LogP contribution is -2.26. The van der Waals surface area contributed by atoms with Crippen LogP contribution in [0.5, 0.6) is 0 Å². The summed E-state index contributed by atoms with van der Waals surface area (Å²) in [6.45, 7) is 3.05. The summed E-state index contributed by atoms with van der Waals surface area (Å²) in [5.41, 5.74) is 2.36. The van der Waals surface area contributed by atoms with E-state index in [9.17, 15) is 0 Å². The number of hydrogen-bond donors (Lipinski definition) is 1. The van der Waals surface area contributed by atoms with Crippen LogP contribution in [0.2, 0.25) is 0 Å². The monoisotopic (exact) mass is 305 g/mol. The van der Waals surface area contributed by atoms with Crippen molar-refractivity contribution in [2.24, 2.45) is 0 Å². The molecule has 4 rings (SSSR count). The Kier molecular flexibility index (Phi) is 3.86. The van der Waals surface area contributed by atoms with Gasteiger partial charge in [-0.2, -0.15) is 0 Å². The molecule has 23 heavy (non-hydrogen) atoms. The van der Waals surface area contributed by atoms with Crippen LogP contribution in [0.1, 0.15) is 12.0 Å². The van der Waals surface area contributed by atoms with Gasteiger partial charge < -0.3 is 5.32 Å². The summed E-state index contributed by atoms with van der Waals surface area (Å²) in [5, 5.41) is 6.11. The lowest BCUT2D eigenvalue weighted by atomic mass is 10.1. The quantitative estimate of drug-likeness (QED) is 0.803. The minimum atomic E-state index is 0.471. The van der Waals surface area contributed by atoms with Crippen LogP contribution in [0.25, 0.3) is 10.8 Å². The average Bonchev–Trinajstić information content (AvgIpc) is 3.03. The molecule has 1 aromatic carbocycles. The van der Waals surface area contributed by atoms with Gasteiger partial charge in [0.1, 0.15) is 6.33 Å². The smallest absolute Gasteiger partial charge is 0.115 e. The molecule has 0 saturated carbocycles. The topological polar surface area (TPSA) is 53.9 Å². The molecule has 116 valence electrons. The van der Waals surface area contributed by atoms with Crippen LogP contribution >= 0.6 is 0 Å². The Balaban J connectivity index is 1.44. The maximum absolute atomic E-state index is 4.20. The molecular formula is C18H19N5. The van der Waals surface area contributed by atoms with E-state index in [-0.39, 0.29) is 0 Å². The highest BCUT2D eigenvalue weighted by Gasteiger charge is 2.22. The van der Waals surface area contributed by atoms with E-state index in [4.69, 9.17) is 0 Å². The van der Waals surface area contributed by atoms with Gasteiger partial charge in [-0.1, -0.05) is 12.1 Å². The zero-order valence-electron chi connectivity index (χ0n) is 12.9. The van der Waals surface area contributed by atoms with Gasteiger partial charge >= 0.3 is 0 Å². The fraction of sp³-hybridized carbons (Fsp3) is 0.278. The van der Waals surface area contributed by atoms with E-state index in [1.54, 1.807) is 6.33 Å². The van der Waals surface area contributed by atoms with Gasteiger partial charge in [0.2, 0.25) is 0 Å². The summed E-state index contributed by atoms with van der Waals surface area (Å²) in [5.74, 6) is 0. The second-order valence-corrected chi connectivity index (χ2v) is 6.01. The van der Waals surface area contributed by atoms with Crippen molar-refractivity contribution in [3.63, 3.8) is 0 Å². The van der Waals surface area contributed by atoms with Crippen LogP contribution in [0.4, 0.5) is 5.69 Å². The van der Waals surface area contributed by atoms with Crippen molar-refractivity contribution in [1.29, 1.82) is 0 Å². The summed E-state index contributed by atoms with van der Waals surface area (Å²) in [6, 6.07) is 8.88. The van der Waals surface area contributed by atoms with Crippen molar-refractivity contribution in [3.05, 3.63) is 60.9 Å². The molecule has 0 bridgehead atoms. The van der Waals surface area contributed by atoms with Gasteiger partial charge in [0.05, 0.1) is 0 Å². The molecular weight excluding hydrogens is 286 g/mol. The Morgan fingerprint density at radius 1 is 1.09 bits per heavy atom. The molecule has 5 heteroatoms. The number of nitrogens with zero attached hydrogens (tertiary/aromatic N) is 4. The number of pyridine rings is 1. The molecule has 2 aromatic heterocycles. The van der Waals surface area contributed by atoms with Gasteiger partial charge in [0, 0.05) is 72.5 Å². The summed E-state index contributed by atoms with van der Waals surface area (Å²) in [4.78, 5) is 14.8. The number of aromatic nitrogens is 3. The SMILES string of the molecule is c1cc(N[C@@H]2CCN(Cc3cncnc3)C2)c2ccncc2c1. The third kappa shape index (κ3) is 3.14. The van der Waals surface area contributed by atoms with Crippen LogP contribution in [-0.4, -0.2) is 39.0 Å². The van der Waals surface area contributed by atoms with Crippen molar-refractivity contribution in [2.75, 3.05) is 18.4 Å². The fourth-order valence-electron chi connectivity index (χ4n) is 3.23. The van der Waals surface area contributed by atoms with E-state index in [0.717, 1.165) is 26.1 Å². The summed E-state index contributed by atoms with van der Waals surface area (Å²) >= 11 is 0. The predicted molar refractivity (Wildman–Crippen MR) is 91.1 cm³/mol. The van der Waals surface area contributed by atoms with E-state index in [2.05, 4.69) is 49.4 Å². The molecule has 1 atom stereocenters. The van der Waals surface area contributed by atoms with Crippen LogP contribution in [0, 0.1) is 0 Å². The molecule has 1 aliphatic rings. The highest BCUT2D eigenvalue weighted by molar-refractivity contribution is 5.93. The number of rotatable bonds is 4. The number of nitrogens with one attached hydrogen (secondary N) is 1. The lowest BCUT2D eigenvalue weighted by Gasteiger charge is -2.18. The molecule has 0 spiro atoms. The first-order valence-corrected chi connectivity index (χ1v) is 7.94. The number of hydrogen-bond acceptors (Lipinski definition) is 5. The molecule has 3 aromatic rings. The molecule has 5 nitrogen and oxygen atoms in total. The third-order valence-corrected chi connectivity index (χ3v) is 4.33. The largest absolute Gasteiger partial charge is 0.380 e. The predicted octanol–water partition coefficient (Wildman–Crippen LogP) is 2.71. The number of fused-ring (bicyclic) bond motifs is 1. The molecule has 0 unspecified atom stereocenters. The Morgan fingerprint density at radius 3 is 2.91 bits per heavy atom. The van der Waals surface area contributed by atoms with E-state index in [0.29, 0.717) is 6.04 Å². The van der Waals surface area contributed by atoms with Gasteiger partial charge in [0.25, 0.3) is 0 Å². The van der Waals surface area contributed by atoms with Crippen molar-refractivity contribution >= 4 is 16.5 Å². The molecule has 1 aliphatic heterocycles. The zero-order valence-corrected chi connectivity index (χ0v) is 12.9. The first-order valence-electron chi connectivity index (χ1n) is 7.94. The van der Waals surface area contributed by atoms with Crippen molar-refractivity contribution in [3.8, 4) is 0 Å². The van der Waals surface area contributed by atoms with Gasteiger partial charge in [-0.15, -0.1) is 0 Å². The van der Waals surface area contributed by atoms with E-state index < -0.39 is 0 Å². The Labute approximate surface area is 135 Å². The second kappa shape index (κ2) is 6.30. The standard InChI is InChI=1S/C18H19N5/c1-2-15-10-19-6-4-17(15)18(3-1)22-16-5-7-23(12-16)11-14-8-20-13-21-9-14/h1-4,6,8-10,13,16,22H,5,7,11-12H2/t16-/m1/s1. The normalized spacial score (nSPS) is 18.3. The van der Waals surface area contributed by atoms with E-state index in [1.807, 2.05) is 24.8 Å². The number of likely N-dealkylation sites (tertiary alicyclic amines) is 1. The summed E-state index contributed by atoms with van der Waals surface area (Å²) in [6.07, 6.45) is 10.3. The number of benzene rings is 1. The molecule has 3 heterocycles. The molecule has 1 N–H and O–H groups in total. The zero-order chi connectivity index (χ0) is 15.5. The van der Waals surface area contributed by atoms with Crippen LogP contribution in [0.3, 0.4) is 0 Å². The van der Waals surface area contributed by atoms with Crippen LogP contribution in [-0.2, 0) is 6.54 Å². The first kappa shape index (κ1) is 14.1. The highest BCUT2D eigenvalue weighted by Crippen LogP contribution is 2.25. The molecule has 1 saturated heterocycles. The minimum absolute atomic E-state index is 0.471. The number of anilines is 1. The van der Waals surface area contributed by atoms with Crippen molar-refractivity contribution in [2.45, 2.75) is 19.0 Å². The first-order chi connectivity index (χ1) is 11.4. The Bertz CT molecular complexity index is 784. The third-order valence-electron chi connectivity index (χ3n) is 4.33. The van der Waals surface area contributed by atoms with Gasteiger partial charge in [-0.3, -0.25) is 9.88 Å². The maximum atomic E-state index is 4.20. The lowest BCUT2D eigenvalue weighted by molar-refractivity contribution is 0.328. The fourth-order valence-corrected chi connectivity index (χ4v) is 3.23. The summed E-state index contributed by atoms with van der Waals surface area (Å²) in [7, 11) is 0. The molecule has 0 radical (unpaired) electrons. The average molecular weight is 305 g/mol. The van der Waals surface area contributed by atoms with Crippen molar-refractivity contribution < 1.29 is 0 Å². The van der Waals surface area contributed by atoms with E-state index in [1.165, 1.54) is 22.0 Å². The van der Waals surface area contributed by atoms with E-state index >= 15 is 0 Å². The molecule has 0 amide bonds. The maximum Gasteiger partial charge on any atom is 0.115 e. The van der Waals surface area contributed by atoms with Crippen LogP contribution in [0.15, 0.2) is 55.4 Å². The Hall–Kier alpha value is -2.53. The van der Waals surface area contributed by atoms with Gasteiger partial charge in [-0.25, -0.2) is 9.97 Å². The van der Waals surface area contributed by atoms with Gasteiger partial charge in [0.15, 0.2) is 0 Å². The minimum Gasteiger partial charge on any atom is -0.380 e. The van der Waals surface area contributed by atoms with Crippen LogP contribution < -0.4 is 5.32 Å². The van der Waals surface area contributed by atoms with Gasteiger partial charge in [-0.05, 0) is 18.6 Å². The summed E-state index contributed by atoms with van der Waals surface area (Å²) < 4.78 is 0. The Morgan fingerprint density at radius 2 is 2.00 bits per heavy atom. The second-order valence-electron chi connectivity index (χ2n) is 6.01. The molecule has 0 aliphatic carbocycles.